The zero-order chi connectivity index (χ0) is 21.6. The van der Waals surface area contributed by atoms with Gasteiger partial charge in [-0.2, -0.15) is 5.10 Å². The Morgan fingerprint density at radius 2 is 2.03 bits per heavy atom. The summed E-state index contributed by atoms with van der Waals surface area (Å²) in [5, 5.41) is 7.48. The maximum Gasteiger partial charge on any atom is 0.436 e. The van der Waals surface area contributed by atoms with E-state index in [-0.39, 0.29) is 24.9 Å². The summed E-state index contributed by atoms with van der Waals surface area (Å²) in [6.07, 6.45) is -0.710. The minimum absolute atomic E-state index is 0.117. The lowest BCUT2D eigenvalue weighted by molar-refractivity contribution is 0.102. The molecule has 156 valence electrons. The summed E-state index contributed by atoms with van der Waals surface area (Å²) >= 11 is 7.09. The number of amides is 2. The second kappa shape index (κ2) is 7.41. The Morgan fingerprint density at radius 3 is 2.70 bits per heavy atom. The van der Waals surface area contributed by atoms with Gasteiger partial charge >= 0.3 is 11.5 Å². The van der Waals surface area contributed by atoms with Crippen LogP contribution in [0.15, 0.2) is 30.3 Å². The molecule has 0 aliphatic carbocycles. The molecule has 0 saturated carbocycles. The smallest absolute Gasteiger partial charge is 0.436 e. The Morgan fingerprint density at radius 1 is 1.30 bits per heavy atom. The van der Waals surface area contributed by atoms with Gasteiger partial charge in [0.25, 0.3) is 5.91 Å². The van der Waals surface area contributed by atoms with Crippen LogP contribution in [0.1, 0.15) is 41.7 Å². The van der Waals surface area contributed by atoms with Gasteiger partial charge in [-0.05, 0) is 49.9 Å². The van der Waals surface area contributed by atoms with E-state index in [1.807, 2.05) is 24.3 Å². The number of hydrogen-bond donors (Lipinski definition) is 1. The van der Waals surface area contributed by atoms with Crippen molar-refractivity contribution >= 4 is 56.2 Å². The first kappa shape index (κ1) is 20.4. The summed E-state index contributed by atoms with van der Waals surface area (Å²) in [6, 6.07) is 9.46. The van der Waals surface area contributed by atoms with Crippen LogP contribution in [0.2, 0.25) is 0 Å². The number of nitrogens with zero attached hydrogens (tertiary/aromatic N) is 3. The molecule has 30 heavy (non-hydrogen) atoms. The molecule has 8 nitrogen and oxygen atoms in total. The number of hydrogen-bond acceptors (Lipinski definition) is 6. The molecular weight excluding hydrogens is 428 g/mol. The average Bonchev–Trinajstić information content (AvgIpc) is 3.34. The van der Waals surface area contributed by atoms with Gasteiger partial charge in [0.15, 0.2) is 0 Å². The maximum absolute atomic E-state index is 13.0. The van der Waals surface area contributed by atoms with Crippen molar-refractivity contribution in [3.05, 3.63) is 46.5 Å². The van der Waals surface area contributed by atoms with E-state index in [1.54, 1.807) is 26.8 Å². The van der Waals surface area contributed by atoms with E-state index < -0.39 is 17.0 Å². The number of carbonyl (C=O) groups is 3. The zero-order valence-electron chi connectivity index (χ0n) is 16.6. The van der Waals surface area contributed by atoms with Crippen molar-refractivity contribution in [3.8, 4) is 0 Å². The third-order valence-electron chi connectivity index (χ3n) is 5.09. The summed E-state index contributed by atoms with van der Waals surface area (Å²) in [4.78, 5) is 39.3. The van der Waals surface area contributed by atoms with Gasteiger partial charge in [0, 0.05) is 10.3 Å². The number of carbonyl (C=O) groups excluding carboxylic acids is 3. The van der Waals surface area contributed by atoms with E-state index in [4.69, 9.17) is 16.3 Å². The van der Waals surface area contributed by atoms with Crippen LogP contribution in [0.4, 0.5) is 15.4 Å². The van der Waals surface area contributed by atoms with Gasteiger partial charge in [-0.1, -0.05) is 18.2 Å². The second-order valence-electron chi connectivity index (χ2n) is 7.29. The zero-order valence-corrected chi connectivity index (χ0v) is 18.1. The quantitative estimate of drug-likeness (QED) is 0.462. The van der Waals surface area contributed by atoms with Crippen molar-refractivity contribution in [2.75, 3.05) is 11.9 Å². The molecular formula is C20H19ClN4O4S. The van der Waals surface area contributed by atoms with Gasteiger partial charge in [-0.3, -0.25) is 9.59 Å². The highest BCUT2D eigenvalue weighted by atomic mass is 35.5. The third kappa shape index (κ3) is 3.23. The Bertz CT molecular complexity index is 1150. The number of benzene rings is 1. The van der Waals surface area contributed by atoms with Crippen LogP contribution in [-0.2, 0) is 16.8 Å². The van der Waals surface area contributed by atoms with Crippen molar-refractivity contribution < 1.29 is 19.1 Å². The molecule has 2 aromatic heterocycles. The van der Waals surface area contributed by atoms with Crippen LogP contribution in [0.5, 0.6) is 0 Å². The summed E-state index contributed by atoms with van der Waals surface area (Å²) in [7, 11) is 0. The SMILES string of the molecule is CCOC(=O)n1nc2c(c1NC(=O)c1cc3ccccc3s1)CN(C(=O)Cl)C2(C)C. The largest absolute Gasteiger partial charge is 0.448 e. The van der Waals surface area contributed by atoms with Gasteiger partial charge in [0.2, 0.25) is 0 Å². The van der Waals surface area contributed by atoms with Crippen LogP contribution in [0.25, 0.3) is 10.1 Å². The lowest BCUT2D eigenvalue weighted by Gasteiger charge is -2.29. The van der Waals surface area contributed by atoms with Crippen LogP contribution in [0.3, 0.4) is 0 Å². The lowest BCUT2D eigenvalue weighted by atomic mass is 10.0. The van der Waals surface area contributed by atoms with E-state index in [2.05, 4.69) is 10.4 Å². The van der Waals surface area contributed by atoms with Crippen molar-refractivity contribution in [1.29, 1.82) is 0 Å². The van der Waals surface area contributed by atoms with Crippen molar-refractivity contribution in [3.63, 3.8) is 0 Å². The molecule has 1 N–H and O–H groups in total. The van der Waals surface area contributed by atoms with E-state index >= 15 is 0 Å². The van der Waals surface area contributed by atoms with E-state index in [1.165, 1.54) is 16.2 Å². The number of fused-ring (bicyclic) bond motifs is 2. The average molecular weight is 447 g/mol. The first-order valence-corrected chi connectivity index (χ1v) is 10.5. The predicted octanol–water partition coefficient (Wildman–Crippen LogP) is 4.76. The van der Waals surface area contributed by atoms with Gasteiger partial charge in [-0.25, -0.2) is 4.79 Å². The molecule has 0 saturated heterocycles. The third-order valence-corrected chi connectivity index (χ3v) is 6.41. The molecule has 0 bridgehead atoms. The summed E-state index contributed by atoms with van der Waals surface area (Å²) in [6.45, 7) is 5.51. The lowest BCUT2D eigenvalue weighted by Crippen LogP contribution is -2.38. The Balaban J connectivity index is 1.75. The van der Waals surface area contributed by atoms with Crippen LogP contribution in [-0.4, -0.2) is 38.7 Å². The minimum Gasteiger partial charge on any atom is -0.448 e. The number of ether oxygens (including phenoxy) is 1. The van der Waals surface area contributed by atoms with Crippen LogP contribution >= 0.6 is 22.9 Å². The predicted molar refractivity (Wildman–Crippen MR) is 114 cm³/mol. The highest BCUT2D eigenvalue weighted by Gasteiger charge is 2.45. The Kier molecular flexibility index (Phi) is 5.03. The van der Waals surface area contributed by atoms with E-state index in [9.17, 15) is 14.4 Å². The standard InChI is InChI=1S/C20H19ClN4O4S/c1-4-29-19(28)25-16(12-10-24(18(21)27)20(2,3)15(12)23-25)22-17(26)14-9-11-7-5-6-8-13(11)30-14/h5-9H,4,10H2,1-3H3,(H,22,26). The van der Waals surface area contributed by atoms with Crippen molar-refractivity contribution in [2.45, 2.75) is 32.9 Å². The normalized spacial score (nSPS) is 14.6. The number of rotatable bonds is 3. The number of aromatic nitrogens is 2. The molecule has 2 amide bonds. The van der Waals surface area contributed by atoms with Crippen LogP contribution < -0.4 is 5.32 Å². The van der Waals surface area contributed by atoms with Crippen LogP contribution in [0, 0.1) is 0 Å². The maximum atomic E-state index is 13.0. The fourth-order valence-corrected chi connectivity index (χ4v) is 4.79. The molecule has 10 heteroatoms. The number of nitrogens with one attached hydrogen (secondary N) is 1. The molecule has 0 spiro atoms. The Labute approximate surface area is 181 Å². The monoisotopic (exact) mass is 446 g/mol. The van der Waals surface area contributed by atoms with Gasteiger partial charge in [0.1, 0.15) is 5.82 Å². The fourth-order valence-electron chi connectivity index (χ4n) is 3.57. The van der Waals surface area contributed by atoms with Gasteiger partial charge in [-0.15, -0.1) is 16.0 Å². The summed E-state index contributed by atoms with van der Waals surface area (Å²) in [5.41, 5.74) is 0.191. The molecule has 1 aliphatic heterocycles. The summed E-state index contributed by atoms with van der Waals surface area (Å²) in [5.74, 6) is -0.197. The molecule has 3 aromatic rings. The molecule has 4 rings (SSSR count). The van der Waals surface area contributed by atoms with Gasteiger partial charge in [0.05, 0.1) is 29.3 Å². The molecule has 1 aliphatic rings. The van der Waals surface area contributed by atoms with Crippen molar-refractivity contribution in [1.82, 2.24) is 14.7 Å². The molecule has 1 aromatic carbocycles. The number of halogens is 1. The molecule has 0 fully saturated rings. The molecule has 0 radical (unpaired) electrons. The Hall–Kier alpha value is -2.91. The number of anilines is 1. The van der Waals surface area contributed by atoms with E-state index in [0.717, 1.165) is 14.8 Å². The second-order valence-corrected chi connectivity index (χ2v) is 8.69. The minimum atomic E-state index is -0.844. The number of thiophene rings is 1. The fraction of sp³-hybridized carbons (Fsp3) is 0.300. The molecule has 3 heterocycles. The molecule has 0 atom stereocenters. The highest BCUT2D eigenvalue weighted by Crippen LogP contribution is 2.42. The highest BCUT2D eigenvalue weighted by molar-refractivity contribution is 7.20. The topological polar surface area (TPSA) is 93.5 Å². The van der Waals surface area contributed by atoms with Gasteiger partial charge < -0.3 is 15.0 Å². The first-order chi connectivity index (χ1) is 14.2. The van der Waals surface area contributed by atoms with Crippen molar-refractivity contribution in [2.24, 2.45) is 0 Å². The summed E-state index contributed by atoms with van der Waals surface area (Å²) < 4.78 is 7.11. The first-order valence-electron chi connectivity index (χ1n) is 9.30. The molecule has 0 unspecified atom stereocenters. The van der Waals surface area contributed by atoms with E-state index in [0.29, 0.717) is 16.1 Å².